The topological polar surface area (TPSA) is 67.4 Å². The van der Waals surface area contributed by atoms with Crippen LogP contribution < -0.4 is 29.7 Å². The summed E-state index contributed by atoms with van der Waals surface area (Å²) >= 11 is 0. The Hall–Kier alpha value is -3.16. The van der Waals surface area contributed by atoms with Crippen LogP contribution in [0.2, 0.25) is 0 Å². The van der Waals surface area contributed by atoms with Crippen LogP contribution >= 0.6 is 0 Å². The fraction of sp³-hybridized carbons (Fsp3) is 0.435. The van der Waals surface area contributed by atoms with E-state index in [-0.39, 0.29) is 11.6 Å². The molecule has 7 nitrogen and oxygen atoms in total. The molecule has 1 aliphatic heterocycles. The number of rotatable bonds is 7. The molecule has 1 aliphatic rings. The molecular formula is C23H31FN4O3. The van der Waals surface area contributed by atoms with Crippen molar-refractivity contribution in [3.63, 3.8) is 0 Å². The lowest BCUT2D eigenvalue weighted by atomic mass is 10.0. The molecule has 168 valence electrons. The molecular weight excluding hydrogens is 399 g/mol. The van der Waals surface area contributed by atoms with Gasteiger partial charge < -0.3 is 29.7 Å². The maximum Gasteiger partial charge on any atom is 0.191 e. The second kappa shape index (κ2) is 10.7. The molecule has 1 fully saturated rings. The van der Waals surface area contributed by atoms with Gasteiger partial charge >= 0.3 is 0 Å². The maximum atomic E-state index is 13.9. The third-order valence-electron chi connectivity index (χ3n) is 5.44. The zero-order valence-corrected chi connectivity index (χ0v) is 18.6. The van der Waals surface area contributed by atoms with Crippen molar-refractivity contribution in [1.82, 2.24) is 10.6 Å². The number of aliphatic imine (C=N–C) groups is 1. The fourth-order valence-electron chi connectivity index (χ4n) is 3.65. The summed E-state index contributed by atoms with van der Waals surface area (Å²) in [5.74, 6) is 2.15. The van der Waals surface area contributed by atoms with E-state index in [9.17, 15) is 4.39 Å². The van der Waals surface area contributed by atoms with Gasteiger partial charge in [0, 0.05) is 56.6 Å². The van der Waals surface area contributed by atoms with Gasteiger partial charge in [-0.25, -0.2) is 4.39 Å². The summed E-state index contributed by atoms with van der Waals surface area (Å²) in [6, 6.07) is 11.2. The molecule has 0 aliphatic carbocycles. The van der Waals surface area contributed by atoms with Gasteiger partial charge in [-0.05, 0) is 30.5 Å². The summed E-state index contributed by atoms with van der Waals surface area (Å²) in [7, 11) is 6.51. The Morgan fingerprint density at radius 1 is 1.03 bits per heavy atom. The van der Waals surface area contributed by atoms with Crippen molar-refractivity contribution in [2.75, 3.05) is 46.4 Å². The zero-order valence-electron chi connectivity index (χ0n) is 18.6. The van der Waals surface area contributed by atoms with E-state index in [2.05, 4.69) is 20.5 Å². The lowest BCUT2D eigenvalue weighted by molar-refractivity contribution is 0.386. The number of hydrogen-bond donors (Lipinski definition) is 2. The first-order valence-electron chi connectivity index (χ1n) is 10.3. The van der Waals surface area contributed by atoms with Crippen molar-refractivity contribution in [3.8, 4) is 17.2 Å². The maximum absolute atomic E-state index is 13.9. The summed E-state index contributed by atoms with van der Waals surface area (Å²) in [6.45, 7) is 2.30. The second-order valence-corrected chi connectivity index (χ2v) is 7.37. The second-order valence-electron chi connectivity index (χ2n) is 7.37. The van der Waals surface area contributed by atoms with Gasteiger partial charge in [0.1, 0.15) is 11.5 Å². The predicted molar refractivity (Wildman–Crippen MR) is 121 cm³/mol. The van der Waals surface area contributed by atoms with E-state index in [0.29, 0.717) is 18.5 Å². The third-order valence-corrected chi connectivity index (χ3v) is 5.44. The largest absolute Gasteiger partial charge is 0.497 e. The molecule has 2 aromatic carbocycles. The van der Waals surface area contributed by atoms with Gasteiger partial charge in [-0.15, -0.1) is 0 Å². The van der Waals surface area contributed by atoms with Crippen molar-refractivity contribution < 1.29 is 18.6 Å². The molecule has 0 aromatic heterocycles. The Labute approximate surface area is 183 Å². The van der Waals surface area contributed by atoms with Crippen LogP contribution in [0.25, 0.3) is 0 Å². The van der Waals surface area contributed by atoms with E-state index in [4.69, 9.17) is 14.2 Å². The van der Waals surface area contributed by atoms with Crippen LogP contribution in [-0.4, -0.2) is 53.5 Å². The van der Waals surface area contributed by atoms with Crippen molar-refractivity contribution in [1.29, 1.82) is 0 Å². The van der Waals surface area contributed by atoms with E-state index in [0.717, 1.165) is 48.7 Å². The number of ether oxygens (including phenoxy) is 3. The average molecular weight is 431 g/mol. The number of nitrogens with one attached hydrogen (secondary N) is 2. The van der Waals surface area contributed by atoms with Gasteiger partial charge in [0.05, 0.1) is 21.3 Å². The third kappa shape index (κ3) is 5.93. The number of benzene rings is 2. The molecule has 2 N–H and O–H groups in total. The van der Waals surface area contributed by atoms with E-state index < -0.39 is 0 Å². The van der Waals surface area contributed by atoms with Gasteiger partial charge in [-0.3, -0.25) is 4.99 Å². The highest BCUT2D eigenvalue weighted by Gasteiger charge is 2.21. The van der Waals surface area contributed by atoms with Crippen LogP contribution in [0, 0.1) is 5.82 Å². The molecule has 0 atom stereocenters. The molecule has 8 heteroatoms. The van der Waals surface area contributed by atoms with Crippen LogP contribution in [-0.2, 0) is 6.54 Å². The molecule has 0 unspecified atom stereocenters. The van der Waals surface area contributed by atoms with Crippen LogP contribution in [0.4, 0.5) is 10.1 Å². The Bertz CT molecular complexity index is 876. The van der Waals surface area contributed by atoms with E-state index >= 15 is 0 Å². The smallest absolute Gasteiger partial charge is 0.191 e. The molecule has 1 heterocycles. The number of guanidine groups is 1. The van der Waals surface area contributed by atoms with Crippen LogP contribution in [0.3, 0.4) is 0 Å². The van der Waals surface area contributed by atoms with Crippen molar-refractivity contribution in [2.24, 2.45) is 4.99 Å². The molecule has 1 saturated heterocycles. The van der Waals surface area contributed by atoms with E-state index in [1.165, 1.54) is 13.2 Å². The molecule has 0 radical (unpaired) electrons. The van der Waals surface area contributed by atoms with Crippen molar-refractivity contribution >= 4 is 11.6 Å². The zero-order chi connectivity index (χ0) is 22.2. The number of hydrogen-bond acceptors (Lipinski definition) is 5. The van der Waals surface area contributed by atoms with Crippen LogP contribution in [0.1, 0.15) is 18.4 Å². The molecule has 2 aromatic rings. The Morgan fingerprint density at radius 2 is 1.71 bits per heavy atom. The van der Waals surface area contributed by atoms with E-state index in [1.54, 1.807) is 27.3 Å². The Morgan fingerprint density at radius 3 is 2.26 bits per heavy atom. The molecule has 0 amide bonds. The van der Waals surface area contributed by atoms with Gasteiger partial charge in [0.15, 0.2) is 17.5 Å². The van der Waals surface area contributed by atoms with Crippen molar-refractivity contribution in [2.45, 2.75) is 25.4 Å². The number of anilines is 1. The fourth-order valence-corrected chi connectivity index (χ4v) is 3.65. The highest BCUT2D eigenvalue weighted by Crippen LogP contribution is 2.30. The summed E-state index contributed by atoms with van der Waals surface area (Å²) in [6.07, 6.45) is 1.94. The number of nitrogens with zero attached hydrogens (tertiary/aromatic N) is 2. The van der Waals surface area contributed by atoms with Gasteiger partial charge in [0.25, 0.3) is 0 Å². The standard InChI is InChI=1S/C23H31FN4O3/c1-25-23(26-15-16-5-6-22(31-4)21(24)11-16)27-17-7-9-28(10-8-17)18-12-19(29-2)14-20(13-18)30-3/h5-6,11-14,17H,7-10,15H2,1-4H3,(H2,25,26,27). The summed E-state index contributed by atoms with van der Waals surface area (Å²) < 4.78 is 29.6. The highest BCUT2D eigenvalue weighted by atomic mass is 19.1. The molecule has 0 spiro atoms. The quantitative estimate of drug-likeness (QED) is 0.520. The monoisotopic (exact) mass is 430 g/mol. The van der Waals surface area contributed by atoms with Gasteiger partial charge in [-0.1, -0.05) is 6.07 Å². The SMILES string of the molecule is CN=C(NCc1ccc(OC)c(F)c1)NC1CCN(c2cc(OC)cc(OC)c2)CC1. The molecule has 3 rings (SSSR count). The average Bonchev–Trinajstić information content (AvgIpc) is 2.81. The first-order chi connectivity index (χ1) is 15.1. The lowest BCUT2D eigenvalue weighted by Crippen LogP contribution is -2.48. The highest BCUT2D eigenvalue weighted by molar-refractivity contribution is 5.80. The lowest BCUT2D eigenvalue weighted by Gasteiger charge is -2.34. The Balaban J connectivity index is 1.52. The summed E-state index contributed by atoms with van der Waals surface area (Å²) in [5, 5.41) is 6.73. The minimum absolute atomic E-state index is 0.242. The normalized spacial score (nSPS) is 14.9. The van der Waals surface area contributed by atoms with Crippen LogP contribution in [0.15, 0.2) is 41.4 Å². The Kier molecular flexibility index (Phi) is 7.81. The minimum atomic E-state index is -0.369. The van der Waals surface area contributed by atoms with Crippen molar-refractivity contribution in [3.05, 3.63) is 47.8 Å². The van der Waals surface area contributed by atoms with E-state index in [1.807, 2.05) is 24.3 Å². The number of methoxy groups -OCH3 is 3. The molecule has 0 saturated carbocycles. The van der Waals surface area contributed by atoms with Gasteiger partial charge in [0.2, 0.25) is 0 Å². The first kappa shape index (κ1) is 22.5. The summed E-state index contributed by atoms with van der Waals surface area (Å²) in [5.41, 5.74) is 1.92. The molecule has 0 bridgehead atoms. The first-order valence-corrected chi connectivity index (χ1v) is 10.3. The summed E-state index contributed by atoms with van der Waals surface area (Å²) in [4.78, 5) is 6.64. The molecule has 31 heavy (non-hydrogen) atoms. The number of halogens is 1. The van der Waals surface area contributed by atoms with Crippen LogP contribution in [0.5, 0.6) is 17.2 Å². The predicted octanol–water partition coefficient (Wildman–Crippen LogP) is 3.19. The minimum Gasteiger partial charge on any atom is -0.497 e. The number of piperidine rings is 1. The van der Waals surface area contributed by atoms with Gasteiger partial charge in [-0.2, -0.15) is 0 Å².